The van der Waals surface area contributed by atoms with Crippen molar-refractivity contribution in [3.63, 3.8) is 0 Å². The predicted octanol–water partition coefficient (Wildman–Crippen LogP) is 2.74. The van der Waals surface area contributed by atoms with Crippen LogP contribution in [0.25, 0.3) is 11.0 Å². The summed E-state index contributed by atoms with van der Waals surface area (Å²) >= 11 is 0. The van der Waals surface area contributed by atoms with Gasteiger partial charge in [0.05, 0.1) is 13.0 Å². The van der Waals surface area contributed by atoms with Gasteiger partial charge in [-0.05, 0) is 12.5 Å². The molecule has 2 N–H and O–H groups in total. The zero-order valence-electron chi connectivity index (χ0n) is 8.03. The Kier molecular flexibility index (Phi) is 1.81. The van der Waals surface area contributed by atoms with E-state index in [4.69, 9.17) is 4.42 Å². The van der Waals surface area contributed by atoms with Gasteiger partial charge in [-0.1, -0.05) is 0 Å². The molecule has 2 rings (SSSR count). The number of hydrogen-bond acceptors (Lipinski definition) is 2. The van der Waals surface area contributed by atoms with Gasteiger partial charge in [-0.3, -0.25) is 0 Å². The van der Waals surface area contributed by atoms with E-state index >= 15 is 0 Å². The van der Waals surface area contributed by atoms with Crippen LogP contribution in [0.5, 0.6) is 11.5 Å². The quantitative estimate of drug-likeness (QED) is 0.629. The molecule has 0 bridgehead atoms. The Hall–Kier alpha value is -1.77. The summed E-state index contributed by atoms with van der Waals surface area (Å²) in [6, 6.07) is 4.65. The molecule has 1 aromatic carbocycles. The SMILES string of the molecule is Cc1cc(C)c2c(O)cc(O)cc2[o+]1. The summed E-state index contributed by atoms with van der Waals surface area (Å²) in [6.45, 7) is 3.72. The van der Waals surface area contributed by atoms with Crippen LogP contribution < -0.4 is 0 Å². The molecule has 72 valence electrons. The summed E-state index contributed by atoms with van der Waals surface area (Å²) < 4.78 is 5.38. The van der Waals surface area contributed by atoms with Gasteiger partial charge in [-0.25, -0.2) is 4.42 Å². The Morgan fingerprint density at radius 2 is 1.79 bits per heavy atom. The summed E-state index contributed by atoms with van der Waals surface area (Å²) in [5.74, 6) is 0.796. The lowest BCUT2D eigenvalue weighted by atomic mass is 10.1. The van der Waals surface area contributed by atoms with Crippen molar-refractivity contribution in [2.24, 2.45) is 0 Å². The third-order valence-corrected chi connectivity index (χ3v) is 2.15. The molecule has 0 fully saturated rings. The van der Waals surface area contributed by atoms with Crippen LogP contribution in [0.3, 0.4) is 0 Å². The number of phenols is 2. The largest absolute Gasteiger partial charge is 0.507 e. The first-order chi connectivity index (χ1) is 6.58. The molecule has 0 unspecified atom stereocenters. The highest BCUT2D eigenvalue weighted by Crippen LogP contribution is 2.32. The van der Waals surface area contributed by atoms with Gasteiger partial charge >= 0.3 is 11.3 Å². The fraction of sp³-hybridized carbons (Fsp3) is 0.182. The standard InChI is InChI=1S/C11H10O3/c1-6-3-7(2)14-10-5-8(12)4-9(13)11(6)10/h3-5H,1-2H3,(H-,12,13)/p+1. The van der Waals surface area contributed by atoms with Gasteiger partial charge in [0, 0.05) is 12.1 Å². The molecule has 1 heterocycles. The maximum atomic E-state index is 9.60. The molecular weight excluding hydrogens is 180 g/mol. The van der Waals surface area contributed by atoms with Crippen molar-refractivity contribution in [2.45, 2.75) is 13.8 Å². The van der Waals surface area contributed by atoms with E-state index in [0.717, 1.165) is 11.3 Å². The molecular formula is C11H11O3+. The second kappa shape index (κ2) is 2.87. The van der Waals surface area contributed by atoms with Crippen molar-refractivity contribution in [1.82, 2.24) is 0 Å². The second-order valence-electron chi connectivity index (χ2n) is 3.38. The molecule has 3 heteroatoms. The van der Waals surface area contributed by atoms with Gasteiger partial charge in [0.25, 0.3) is 0 Å². The van der Waals surface area contributed by atoms with E-state index < -0.39 is 0 Å². The minimum atomic E-state index is 0.00347. The Labute approximate surface area is 81.2 Å². The number of rotatable bonds is 0. The molecule has 0 aliphatic rings. The molecule has 1 aromatic heterocycles. The molecule has 0 saturated heterocycles. The van der Waals surface area contributed by atoms with Gasteiger partial charge < -0.3 is 10.2 Å². The maximum absolute atomic E-state index is 9.60. The Bertz CT molecular complexity index is 461. The molecule has 0 atom stereocenters. The van der Waals surface area contributed by atoms with Crippen LogP contribution in [-0.4, -0.2) is 10.2 Å². The second-order valence-corrected chi connectivity index (χ2v) is 3.38. The van der Waals surface area contributed by atoms with Crippen molar-refractivity contribution in [2.75, 3.05) is 0 Å². The smallest absolute Gasteiger partial charge is 0.367 e. The molecule has 0 amide bonds. The van der Waals surface area contributed by atoms with E-state index in [1.165, 1.54) is 12.1 Å². The Morgan fingerprint density at radius 3 is 2.50 bits per heavy atom. The van der Waals surface area contributed by atoms with Crippen molar-refractivity contribution in [3.8, 4) is 11.5 Å². The minimum Gasteiger partial charge on any atom is -0.507 e. The zero-order chi connectivity index (χ0) is 10.3. The molecule has 0 saturated carbocycles. The Morgan fingerprint density at radius 1 is 1.07 bits per heavy atom. The molecule has 0 radical (unpaired) electrons. The third kappa shape index (κ3) is 1.27. The fourth-order valence-electron chi connectivity index (χ4n) is 1.64. The highest BCUT2D eigenvalue weighted by atomic mass is 16.3. The van der Waals surface area contributed by atoms with Crippen LogP contribution in [0, 0.1) is 13.8 Å². The number of aryl methyl sites for hydroxylation is 2. The summed E-state index contributed by atoms with van der Waals surface area (Å²) in [4.78, 5) is 0. The summed E-state index contributed by atoms with van der Waals surface area (Å²) in [7, 11) is 0. The van der Waals surface area contributed by atoms with Crippen molar-refractivity contribution in [3.05, 3.63) is 29.5 Å². The lowest BCUT2D eigenvalue weighted by Crippen LogP contribution is -1.82. The van der Waals surface area contributed by atoms with Crippen molar-refractivity contribution < 1.29 is 14.6 Å². The van der Waals surface area contributed by atoms with Crippen LogP contribution in [-0.2, 0) is 0 Å². The number of hydrogen-bond donors (Lipinski definition) is 2. The first-order valence-corrected chi connectivity index (χ1v) is 4.34. The zero-order valence-corrected chi connectivity index (χ0v) is 8.03. The number of fused-ring (bicyclic) bond motifs is 1. The van der Waals surface area contributed by atoms with E-state index in [1.54, 1.807) is 0 Å². The third-order valence-electron chi connectivity index (χ3n) is 2.15. The van der Waals surface area contributed by atoms with Crippen molar-refractivity contribution >= 4 is 11.0 Å². The molecule has 2 aromatic rings. The average molecular weight is 191 g/mol. The highest BCUT2D eigenvalue weighted by Gasteiger charge is 2.16. The van der Waals surface area contributed by atoms with Crippen LogP contribution >= 0.6 is 0 Å². The minimum absolute atomic E-state index is 0.00347. The van der Waals surface area contributed by atoms with Gasteiger partial charge in [-0.2, -0.15) is 0 Å². The van der Waals surface area contributed by atoms with Crippen LogP contribution in [0.4, 0.5) is 0 Å². The van der Waals surface area contributed by atoms with Crippen LogP contribution in [0.1, 0.15) is 11.3 Å². The van der Waals surface area contributed by atoms with E-state index in [-0.39, 0.29) is 11.5 Å². The number of aromatic hydroxyl groups is 2. The maximum Gasteiger partial charge on any atom is 0.367 e. The first kappa shape index (κ1) is 8.81. The number of phenolic OH excluding ortho intramolecular Hbond substituents is 2. The van der Waals surface area contributed by atoms with Crippen LogP contribution in [0.2, 0.25) is 0 Å². The van der Waals surface area contributed by atoms with Crippen LogP contribution in [0.15, 0.2) is 22.6 Å². The molecule has 0 spiro atoms. The van der Waals surface area contributed by atoms with E-state index in [2.05, 4.69) is 0 Å². The van der Waals surface area contributed by atoms with Crippen molar-refractivity contribution in [1.29, 1.82) is 0 Å². The fourth-order valence-corrected chi connectivity index (χ4v) is 1.64. The first-order valence-electron chi connectivity index (χ1n) is 4.34. The predicted molar refractivity (Wildman–Crippen MR) is 53.4 cm³/mol. The summed E-state index contributed by atoms with van der Waals surface area (Å²) in [5.41, 5.74) is 1.43. The molecule has 3 nitrogen and oxygen atoms in total. The average Bonchev–Trinajstić information content (AvgIpc) is 1.99. The Balaban J connectivity index is 2.94. The summed E-state index contributed by atoms with van der Waals surface area (Å²) in [5, 5.41) is 19.5. The highest BCUT2D eigenvalue weighted by molar-refractivity contribution is 5.87. The topological polar surface area (TPSA) is 51.8 Å². The molecule has 0 aliphatic heterocycles. The number of benzene rings is 1. The lowest BCUT2D eigenvalue weighted by Gasteiger charge is -1.98. The van der Waals surface area contributed by atoms with E-state index in [9.17, 15) is 10.2 Å². The monoisotopic (exact) mass is 191 g/mol. The lowest BCUT2D eigenvalue weighted by molar-refractivity contribution is 0.451. The van der Waals surface area contributed by atoms with Gasteiger partial charge in [0.15, 0.2) is 0 Å². The normalized spacial score (nSPS) is 10.7. The van der Waals surface area contributed by atoms with Gasteiger partial charge in [0.2, 0.25) is 0 Å². The van der Waals surface area contributed by atoms with E-state index in [0.29, 0.717) is 11.0 Å². The molecule has 14 heavy (non-hydrogen) atoms. The summed E-state index contributed by atoms with van der Waals surface area (Å²) in [6.07, 6.45) is 0. The van der Waals surface area contributed by atoms with Gasteiger partial charge in [0.1, 0.15) is 16.9 Å². The molecule has 0 aliphatic carbocycles. The van der Waals surface area contributed by atoms with Gasteiger partial charge in [-0.15, -0.1) is 0 Å². The van der Waals surface area contributed by atoms with E-state index in [1.807, 2.05) is 19.9 Å².